The normalized spacial score (nSPS) is 12.5. The fourth-order valence-electron chi connectivity index (χ4n) is 0.975. The van der Waals surface area contributed by atoms with Gasteiger partial charge in [0.15, 0.2) is 5.69 Å². The minimum Gasteiger partial charge on any atom is -0.392 e. The van der Waals surface area contributed by atoms with Crippen molar-refractivity contribution in [2.45, 2.75) is 19.6 Å². The molecule has 0 radical (unpaired) electrons. The molecule has 0 aliphatic rings. The van der Waals surface area contributed by atoms with Crippen molar-refractivity contribution in [3.63, 3.8) is 0 Å². The summed E-state index contributed by atoms with van der Waals surface area (Å²) in [6.07, 6.45) is 0.942. The maximum atomic E-state index is 11.4. The Morgan fingerprint density at radius 2 is 2.53 bits per heavy atom. The molecule has 0 aromatic carbocycles. The number of carbonyl (C=O) groups excluding carboxylic acids is 1. The Morgan fingerprint density at radius 1 is 1.80 bits per heavy atom. The molecule has 0 saturated carbocycles. The summed E-state index contributed by atoms with van der Waals surface area (Å²) in [6, 6.07) is 0. The highest BCUT2D eigenvalue weighted by molar-refractivity contribution is 5.91. The van der Waals surface area contributed by atoms with Crippen LogP contribution in [0.5, 0.6) is 0 Å². The Bertz CT molecular complexity index is 323. The monoisotopic (exact) mass is 213 g/mol. The van der Waals surface area contributed by atoms with E-state index in [1.807, 2.05) is 0 Å². The average Bonchev–Trinajstić information content (AvgIpc) is 2.63. The number of aromatic nitrogens is 3. The number of rotatable bonds is 5. The van der Waals surface area contributed by atoms with Gasteiger partial charge in [0.25, 0.3) is 5.91 Å². The summed E-state index contributed by atoms with van der Waals surface area (Å²) in [5, 5.41) is 18.9. The predicted octanol–water partition coefficient (Wildman–Crippen LogP) is -1.65. The Labute approximate surface area is 87.3 Å². The van der Waals surface area contributed by atoms with Gasteiger partial charge in [-0.15, -0.1) is 5.10 Å². The van der Waals surface area contributed by atoms with Gasteiger partial charge in [-0.05, 0) is 6.92 Å². The van der Waals surface area contributed by atoms with Crippen molar-refractivity contribution in [3.8, 4) is 0 Å². The van der Waals surface area contributed by atoms with Gasteiger partial charge in [-0.1, -0.05) is 5.21 Å². The molecule has 0 spiro atoms. The SMILES string of the molecule is CC(O)CNC(=O)c1cn(CCN)nn1. The molecular weight excluding hydrogens is 198 g/mol. The van der Waals surface area contributed by atoms with Crippen LogP contribution in [0.3, 0.4) is 0 Å². The number of hydrogen-bond donors (Lipinski definition) is 3. The fourth-order valence-corrected chi connectivity index (χ4v) is 0.975. The Kier molecular flexibility index (Phi) is 4.19. The Balaban J connectivity index is 2.50. The standard InChI is InChI=1S/C8H15N5O2/c1-6(14)4-10-8(15)7-5-13(3-2-9)12-11-7/h5-6,14H,2-4,9H2,1H3,(H,10,15). The number of carbonyl (C=O) groups is 1. The van der Waals surface area contributed by atoms with E-state index in [0.717, 1.165) is 0 Å². The zero-order chi connectivity index (χ0) is 11.3. The lowest BCUT2D eigenvalue weighted by Gasteiger charge is -2.04. The molecule has 0 aliphatic heterocycles. The second-order valence-corrected chi connectivity index (χ2v) is 3.21. The second kappa shape index (κ2) is 5.42. The Hall–Kier alpha value is -1.47. The first-order valence-electron chi connectivity index (χ1n) is 4.70. The number of amides is 1. The highest BCUT2D eigenvalue weighted by Crippen LogP contribution is 1.92. The largest absolute Gasteiger partial charge is 0.392 e. The van der Waals surface area contributed by atoms with Crippen LogP contribution in [-0.2, 0) is 6.54 Å². The van der Waals surface area contributed by atoms with Crippen LogP contribution in [0.4, 0.5) is 0 Å². The lowest BCUT2D eigenvalue weighted by Crippen LogP contribution is -2.30. The van der Waals surface area contributed by atoms with E-state index in [2.05, 4.69) is 15.6 Å². The van der Waals surface area contributed by atoms with Gasteiger partial charge >= 0.3 is 0 Å². The minimum absolute atomic E-state index is 0.197. The van der Waals surface area contributed by atoms with E-state index >= 15 is 0 Å². The van der Waals surface area contributed by atoms with Crippen molar-refractivity contribution >= 4 is 5.91 Å². The number of hydrogen-bond acceptors (Lipinski definition) is 5. The summed E-state index contributed by atoms with van der Waals surface area (Å²) in [4.78, 5) is 11.4. The summed E-state index contributed by atoms with van der Waals surface area (Å²) < 4.78 is 1.50. The van der Waals surface area contributed by atoms with Crippen molar-refractivity contribution in [2.75, 3.05) is 13.1 Å². The first kappa shape index (κ1) is 11.6. The van der Waals surface area contributed by atoms with Crippen LogP contribution in [0.25, 0.3) is 0 Å². The number of nitrogens with zero attached hydrogens (tertiary/aromatic N) is 3. The molecule has 1 atom stereocenters. The molecule has 84 valence electrons. The molecule has 0 bridgehead atoms. The molecule has 4 N–H and O–H groups in total. The van der Waals surface area contributed by atoms with Crippen LogP contribution in [0, 0.1) is 0 Å². The molecule has 1 aromatic rings. The van der Waals surface area contributed by atoms with Gasteiger partial charge in [-0.25, -0.2) is 0 Å². The third-order valence-corrected chi connectivity index (χ3v) is 1.69. The molecule has 1 rings (SSSR count). The van der Waals surface area contributed by atoms with Crippen molar-refractivity contribution in [2.24, 2.45) is 5.73 Å². The average molecular weight is 213 g/mol. The molecule has 1 amide bonds. The molecule has 0 fully saturated rings. The van der Waals surface area contributed by atoms with Gasteiger partial charge in [-0.3, -0.25) is 9.48 Å². The van der Waals surface area contributed by atoms with Crippen LogP contribution >= 0.6 is 0 Å². The lowest BCUT2D eigenvalue weighted by molar-refractivity contribution is 0.0919. The van der Waals surface area contributed by atoms with E-state index in [0.29, 0.717) is 13.1 Å². The zero-order valence-electron chi connectivity index (χ0n) is 8.55. The molecule has 1 heterocycles. The van der Waals surface area contributed by atoms with E-state index in [1.165, 1.54) is 10.9 Å². The van der Waals surface area contributed by atoms with Crippen molar-refractivity contribution in [3.05, 3.63) is 11.9 Å². The minimum atomic E-state index is -0.576. The highest BCUT2D eigenvalue weighted by atomic mass is 16.3. The van der Waals surface area contributed by atoms with Crippen LogP contribution in [-0.4, -0.2) is 45.2 Å². The third-order valence-electron chi connectivity index (χ3n) is 1.69. The van der Waals surface area contributed by atoms with Gasteiger partial charge in [0.05, 0.1) is 18.8 Å². The van der Waals surface area contributed by atoms with Crippen LogP contribution < -0.4 is 11.1 Å². The fraction of sp³-hybridized carbons (Fsp3) is 0.625. The lowest BCUT2D eigenvalue weighted by atomic mass is 10.4. The van der Waals surface area contributed by atoms with Crippen LogP contribution in [0.2, 0.25) is 0 Å². The van der Waals surface area contributed by atoms with Crippen molar-refractivity contribution in [1.29, 1.82) is 0 Å². The van der Waals surface area contributed by atoms with Crippen LogP contribution in [0.15, 0.2) is 6.20 Å². The van der Waals surface area contributed by atoms with Crippen LogP contribution in [0.1, 0.15) is 17.4 Å². The molecule has 0 saturated heterocycles. The zero-order valence-corrected chi connectivity index (χ0v) is 8.55. The van der Waals surface area contributed by atoms with Gasteiger partial charge < -0.3 is 16.2 Å². The maximum absolute atomic E-state index is 11.4. The first-order valence-corrected chi connectivity index (χ1v) is 4.70. The molecule has 15 heavy (non-hydrogen) atoms. The Morgan fingerprint density at radius 3 is 3.13 bits per heavy atom. The summed E-state index contributed by atoms with van der Waals surface area (Å²) in [7, 11) is 0. The number of nitrogens with one attached hydrogen (secondary N) is 1. The topological polar surface area (TPSA) is 106 Å². The molecule has 7 heteroatoms. The summed E-state index contributed by atoms with van der Waals surface area (Å²) in [5.74, 6) is -0.348. The molecule has 1 aromatic heterocycles. The van der Waals surface area contributed by atoms with Gasteiger partial charge in [0, 0.05) is 13.1 Å². The summed E-state index contributed by atoms with van der Waals surface area (Å²) in [5.41, 5.74) is 5.55. The van der Waals surface area contributed by atoms with Gasteiger partial charge in [0.2, 0.25) is 0 Å². The smallest absolute Gasteiger partial charge is 0.273 e. The molecule has 1 unspecified atom stereocenters. The predicted molar refractivity (Wildman–Crippen MR) is 53.1 cm³/mol. The van der Waals surface area contributed by atoms with E-state index in [4.69, 9.17) is 10.8 Å². The quantitative estimate of drug-likeness (QED) is 0.543. The van der Waals surface area contributed by atoms with Gasteiger partial charge in [-0.2, -0.15) is 0 Å². The highest BCUT2D eigenvalue weighted by Gasteiger charge is 2.10. The first-order chi connectivity index (χ1) is 7.13. The second-order valence-electron chi connectivity index (χ2n) is 3.21. The third kappa shape index (κ3) is 3.64. The molecular formula is C8H15N5O2. The van der Waals surface area contributed by atoms with E-state index in [1.54, 1.807) is 6.92 Å². The van der Waals surface area contributed by atoms with E-state index < -0.39 is 6.10 Å². The van der Waals surface area contributed by atoms with E-state index in [9.17, 15) is 4.79 Å². The van der Waals surface area contributed by atoms with Crippen molar-refractivity contribution < 1.29 is 9.90 Å². The summed E-state index contributed by atoms with van der Waals surface area (Å²) in [6.45, 7) is 2.75. The number of nitrogens with two attached hydrogens (primary N) is 1. The number of aliphatic hydroxyl groups is 1. The molecule has 0 aliphatic carbocycles. The number of aliphatic hydroxyl groups excluding tert-OH is 1. The summed E-state index contributed by atoms with van der Waals surface area (Å²) >= 11 is 0. The van der Waals surface area contributed by atoms with E-state index in [-0.39, 0.29) is 18.1 Å². The van der Waals surface area contributed by atoms with Crippen molar-refractivity contribution in [1.82, 2.24) is 20.3 Å². The van der Waals surface area contributed by atoms with Gasteiger partial charge in [0.1, 0.15) is 0 Å². The molecule has 7 nitrogen and oxygen atoms in total. The maximum Gasteiger partial charge on any atom is 0.273 e.